The van der Waals surface area contributed by atoms with Crippen molar-refractivity contribution in [1.82, 2.24) is 0 Å². The number of fused-ring (bicyclic) bond motifs is 2. The predicted molar refractivity (Wildman–Crippen MR) is 279 cm³/mol. The van der Waals surface area contributed by atoms with Gasteiger partial charge in [-0.2, -0.15) is 0 Å². The van der Waals surface area contributed by atoms with E-state index in [1.165, 1.54) is 89.0 Å². The van der Waals surface area contributed by atoms with Crippen molar-refractivity contribution in [3.05, 3.63) is 127 Å². The minimum absolute atomic E-state index is 0.0509. The van der Waals surface area contributed by atoms with Gasteiger partial charge in [-0.25, -0.2) is 0 Å². The number of rotatable bonds is 13. The molecule has 0 radical (unpaired) electrons. The molecular weight excluding hydrogens is 887 g/mol. The molecular formula is C58H81Cl2SiZr. The van der Waals surface area contributed by atoms with Gasteiger partial charge in [0.2, 0.25) is 0 Å². The van der Waals surface area contributed by atoms with Crippen LogP contribution < -0.4 is 0 Å². The number of allylic oxidation sites excluding steroid dienone is 2. The Bertz CT molecular complexity index is 2180. The summed E-state index contributed by atoms with van der Waals surface area (Å²) in [6, 6.07) is 24.8. The summed E-state index contributed by atoms with van der Waals surface area (Å²) >= 11 is -5.09. The molecule has 2 atom stereocenters. The first-order chi connectivity index (χ1) is 28.7. The summed E-state index contributed by atoms with van der Waals surface area (Å²) in [4.78, 5) is 0. The van der Waals surface area contributed by atoms with Crippen molar-refractivity contribution in [3.63, 3.8) is 0 Å². The zero-order valence-corrected chi connectivity index (χ0v) is 47.2. The quantitative estimate of drug-likeness (QED) is 0.117. The van der Waals surface area contributed by atoms with Crippen LogP contribution in [0.1, 0.15) is 223 Å². The Morgan fingerprint density at radius 1 is 0.516 bits per heavy atom. The molecule has 0 aliphatic heterocycles. The van der Waals surface area contributed by atoms with Gasteiger partial charge >= 0.3 is 392 Å². The van der Waals surface area contributed by atoms with Crippen molar-refractivity contribution < 1.29 is 15.6 Å². The van der Waals surface area contributed by atoms with Crippen LogP contribution in [0.4, 0.5) is 0 Å². The van der Waals surface area contributed by atoms with Crippen LogP contribution in [0.2, 0.25) is 13.1 Å². The van der Waals surface area contributed by atoms with Gasteiger partial charge in [-0.05, 0) is 0 Å². The van der Waals surface area contributed by atoms with E-state index < -0.39 is 21.5 Å². The van der Waals surface area contributed by atoms with Crippen molar-refractivity contribution in [3.8, 4) is 22.3 Å². The molecule has 0 fully saturated rings. The van der Waals surface area contributed by atoms with Gasteiger partial charge in [0.15, 0.2) is 0 Å². The third kappa shape index (κ3) is 8.85. The van der Waals surface area contributed by atoms with E-state index in [9.17, 15) is 0 Å². The summed E-state index contributed by atoms with van der Waals surface area (Å²) in [6.07, 6.45) is 9.38. The molecule has 6 rings (SSSR count). The molecule has 4 aromatic carbocycles. The molecule has 2 aliphatic rings. The van der Waals surface area contributed by atoms with E-state index in [0.29, 0.717) is 23.7 Å². The molecule has 4 heteroatoms. The third-order valence-electron chi connectivity index (χ3n) is 14.7. The molecule has 0 saturated carbocycles. The van der Waals surface area contributed by atoms with Crippen molar-refractivity contribution in [2.45, 2.75) is 191 Å². The van der Waals surface area contributed by atoms with E-state index in [0.717, 1.165) is 25.7 Å². The maximum atomic E-state index is 9.14. The Labute approximate surface area is 388 Å². The van der Waals surface area contributed by atoms with Gasteiger partial charge in [-0.15, -0.1) is 0 Å². The Hall–Kier alpha value is -1.96. The van der Waals surface area contributed by atoms with Crippen LogP contribution in [0.3, 0.4) is 0 Å². The molecule has 0 amide bonds. The molecule has 0 spiro atoms. The van der Waals surface area contributed by atoms with Crippen LogP contribution in [-0.4, -0.2) is 5.92 Å². The van der Waals surface area contributed by atoms with Gasteiger partial charge in [0.1, 0.15) is 0 Å². The second-order valence-electron chi connectivity index (χ2n) is 23.1. The summed E-state index contributed by atoms with van der Waals surface area (Å²) in [5, 5.41) is 0. The van der Waals surface area contributed by atoms with E-state index in [2.05, 4.69) is 197 Å². The van der Waals surface area contributed by atoms with E-state index >= 15 is 0 Å². The summed E-state index contributed by atoms with van der Waals surface area (Å²) in [6.45, 7) is 42.7. The number of halogens is 2. The minimum atomic E-state index is -5.09. The topological polar surface area (TPSA) is 0 Å². The number of hydrogen-bond acceptors (Lipinski definition) is 0. The second kappa shape index (κ2) is 18.0. The fourth-order valence-electron chi connectivity index (χ4n) is 11.0. The van der Waals surface area contributed by atoms with Crippen LogP contribution in [-0.2, 0) is 26.4 Å². The molecule has 62 heavy (non-hydrogen) atoms. The Kier molecular flexibility index (Phi) is 14.4. The fraction of sp³-hybridized carbons (Fsp3) is 0.517. The Morgan fingerprint density at radius 2 is 0.823 bits per heavy atom. The average Bonchev–Trinajstić information content (AvgIpc) is 3.75. The van der Waals surface area contributed by atoms with Gasteiger partial charge in [0.25, 0.3) is 0 Å². The van der Waals surface area contributed by atoms with Crippen molar-refractivity contribution in [2.75, 3.05) is 0 Å². The maximum absolute atomic E-state index is 9.14. The van der Waals surface area contributed by atoms with Crippen LogP contribution in [0.5, 0.6) is 0 Å². The molecule has 335 valence electrons. The first kappa shape index (κ1) is 49.5. The number of hydrogen-bond donors (Lipinski definition) is 0. The molecule has 0 nitrogen and oxygen atoms in total. The summed E-state index contributed by atoms with van der Waals surface area (Å²) in [7, 11) is 18.3. The molecule has 4 aromatic rings. The summed E-state index contributed by atoms with van der Waals surface area (Å²) < 4.78 is 0.122. The van der Waals surface area contributed by atoms with Crippen LogP contribution >= 0.6 is 17.0 Å². The van der Waals surface area contributed by atoms with Gasteiger partial charge in [-0.3, -0.25) is 0 Å². The van der Waals surface area contributed by atoms with E-state index in [1.54, 1.807) is 0 Å². The van der Waals surface area contributed by atoms with Crippen molar-refractivity contribution in [2.24, 2.45) is 0 Å². The Balaban J connectivity index is 1.72. The normalized spacial score (nSPS) is 17.6. The average molecular weight is 969 g/mol. The van der Waals surface area contributed by atoms with Gasteiger partial charge in [0, 0.05) is 0 Å². The van der Waals surface area contributed by atoms with Gasteiger partial charge < -0.3 is 0 Å². The second-order valence-corrected chi connectivity index (χ2v) is 65.6. The van der Waals surface area contributed by atoms with Gasteiger partial charge in [0.05, 0.1) is 0 Å². The standard InChI is InChI=1S/2C28H37.C2H7Si.2ClH.Zr/c2*1-9-10-20-13-21-11-12-26(28(6,7)8)27(25(21)14-20)24-16-22(18(2)3)15-23(17-24)19(4)5;1-3-2;;;/h2*11-19H,9-10H2,1-8H3;3H,1-2H3;2*1H;/q;;;;;+2/p-2. The monoisotopic (exact) mass is 965 g/mol. The summed E-state index contributed by atoms with van der Waals surface area (Å²) in [5.41, 5.74) is 22.4. The van der Waals surface area contributed by atoms with E-state index in [-0.39, 0.29) is 18.1 Å². The molecule has 0 saturated heterocycles. The zero-order valence-electron chi connectivity index (χ0n) is 42.1. The molecule has 0 bridgehead atoms. The molecule has 0 heterocycles. The summed E-state index contributed by atoms with van der Waals surface area (Å²) in [5.74, 6) is -0.0214. The van der Waals surface area contributed by atoms with E-state index in [4.69, 9.17) is 17.0 Å². The molecule has 2 unspecified atom stereocenters. The van der Waals surface area contributed by atoms with Gasteiger partial charge in [-0.1, -0.05) is 0 Å². The Morgan fingerprint density at radius 3 is 1.06 bits per heavy atom. The molecule has 0 aromatic heterocycles. The first-order valence-electron chi connectivity index (χ1n) is 24.4. The van der Waals surface area contributed by atoms with Crippen LogP contribution in [0, 0.1) is 0 Å². The first-order valence-corrected chi connectivity index (χ1v) is 40.7. The van der Waals surface area contributed by atoms with Crippen LogP contribution in [0.25, 0.3) is 34.4 Å². The molecule has 2 aliphatic carbocycles. The van der Waals surface area contributed by atoms with Crippen molar-refractivity contribution in [1.29, 1.82) is 0 Å². The zero-order chi connectivity index (χ0) is 46.0. The predicted octanol–water partition coefficient (Wildman–Crippen LogP) is 19.3. The van der Waals surface area contributed by atoms with E-state index in [1.807, 2.05) is 0 Å². The fourth-order valence-corrected chi connectivity index (χ4v) is 42.5. The molecule has 0 N–H and O–H groups in total. The number of benzene rings is 4. The van der Waals surface area contributed by atoms with Crippen molar-refractivity contribution >= 4 is 35.1 Å². The third-order valence-corrected chi connectivity index (χ3v) is 66.5. The SMILES string of the molecule is CCCC1=Cc2c(ccc(C(C)(C)C)c2-c2cc(C(C)C)cc(C(C)C)c2)[CH]1[Zr]([Cl])([Cl])([CH]1C(CCC)=Cc2c1ccc(C(C)(C)C)c2-c1cc(C(C)C)cc(C(C)C)c1)[SiH](C)C. The van der Waals surface area contributed by atoms with Crippen LogP contribution in [0.15, 0.2) is 71.8 Å².